The Kier molecular flexibility index (Phi) is 4.05. The predicted octanol–water partition coefficient (Wildman–Crippen LogP) is 0.520. The van der Waals surface area contributed by atoms with Gasteiger partial charge in [-0.15, -0.1) is 0 Å². The van der Waals surface area contributed by atoms with E-state index in [4.69, 9.17) is 15.2 Å². The molecule has 19 heavy (non-hydrogen) atoms. The van der Waals surface area contributed by atoms with Gasteiger partial charge in [0, 0.05) is 31.7 Å². The third-order valence-electron chi connectivity index (χ3n) is 4.61. The van der Waals surface area contributed by atoms with Crippen molar-refractivity contribution in [3.05, 3.63) is 0 Å². The lowest BCUT2D eigenvalue weighted by atomic mass is 10.0. The smallest absolute Gasteiger partial charge is 0.225 e. The summed E-state index contributed by atoms with van der Waals surface area (Å²) in [6.45, 7) is 2.87. The highest BCUT2D eigenvalue weighted by Gasteiger charge is 2.36. The van der Waals surface area contributed by atoms with Crippen molar-refractivity contribution in [1.29, 1.82) is 0 Å². The molecule has 2 heterocycles. The van der Waals surface area contributed by atoms with E-state index in [1.54, 1.807) is 0 Å². The molecule has 3 rings (SSSR count). The van der Waals surface area contributed by atoms with Crippen molar-refractivity contribution in [2.75, 3.05) is 26.3 Å². The molecule has 2 N–H and O–H groups in total. The number of nitrogens with two attached hydrogens (primary N) is 1. The summed E-state index contributed by atoms with van der Waals surface area (Å²) in [5, 5.41) is 0. The predicted molar refractivity (Wildman–Crippen MR) is 70.6 cm³/mol. The largest absolute Gasteiger partial charge is 0.375 e. The Labute approximate surface area is 114 Å². The normalized spacial score (nSPS) is 39.7. The van der Waals surface area contributed by atoms with Crippen LogP contribution in [0.5, 0.6) is 0 Å². The Bertz CT molecular complexity index is 331. The van der Waals surface area contributed by atoms with Crippen molar-refractivity contribution in [3.8, 4) is 0 Å². The Balaban J connectivity index is 1.56. The highest BCUT2D eigenvalue weighted by atomic mass is 16.5. The first-order valence-corrected chi connectivity index (χ1v) is 7.51. The Morgan fingerprint density at radius 3 is 2.63 bits per heavy atom. The second-order valence-corrected chi connectivity index (χ2v) is 6.02. The number of hydrogen-bond donors (Lipinski definition) is 1. The summed E-state index contributed by atoms with van der Waals surface area (Å²) in [5.74, 6) is 0.414. The molecule has 0 aromatic carbocycles. The van der Waals surface area contributed by atoms with Crippen LogP contribution in [0.2, 0.25) is 0 Å². The molecule has 1 saturated carbocycles. The summed E-state index contributed by atoms with van der Waals surface area (Å²) < 4.78 is 11.5. The highest BCUT2D eigenvalue weighted by molar-refractivity contribution is 5.79. The van der Waals surface area contributed by atoms with Crippen LogP contribution in [0.15, 0.2) is 0 Å². The first kappa shape index (κ1) is 13.3. The quantitative estimate of drug-likeness (QED) is 0.793. The monoisotopic (exact) mass is 268 g/mol. The number of amides is 1. The van der Waals surface area contributed by atoms with Crippen LogP contribution in [0.4, 0.5) is 0 Å². The first-order chi connectivity index (χ1) is 9.24. The standard InChI is InChI=1S/C14H24N2O3/c15-11-4-3-10(8-11)14(17)16-5-7-19-13(9-16)12-2-1-6-18-12/h10-13H,1-9,15H2/t10-,11+,12-,13-/m0/s1. The van der Waals surface area contributed by atoms with Gasteiger partial charge in [0.1, 0.15) is 6.10 Å². The van der Waals surface area contributed by atoms with Crippen molar-refractivity contribution in [3.63, 3.8) is 0 Å². The molecule has 2 aliphatic heterocycles. The summed E-state index contributed by atoms with van der Waals surface area (Å²) in [5.41, 5.74) is 5.90. The molecule has 0 aromatic heterocycles. The molecule has 0 bridgehead atoms. The van der Waals surface area contributed by atoms with Gasteiger partial charge in [-0.25, -0.2) is 0 Å². The van der Waals surface area contributed by atoms with Crippen molar-refractivity contribution in [2.24, 2.45) is 11.7 Å². The van der Waals surface area contributed by atoms with Crippen molar-refractivity contribution >= 4 is 5.91 Å². The maximum Gasteiger partial charge on any atom is 0.225 e. The van der Waals surface area contributed by atoms with E-state index in [-0.39, 0.29) is 30.1 Å². The molecule has 4 atom stereocenters. The van der Waals surface area contributed by atoms with Crippen LogP contribution in [-0.2, 0) is 14.3 Å². The lowest BCUT2D eigenvalue weighted by Gasteiger charge is -2.36. The van der Waals surface area contributed by atoms with Crippen LogP contribution in [0.3, 0.4) is 0 Å². The molecule has 0 unspecified atom stereocenters. The van der Waals surface area contributed by atoms with E-state index >= 15 is 0 Å². The zero-order valence-electron chi connectivity index (χ0n) is 11.4. The average Bonchev–Trinajstić information content (AvgIpc) is 3.09. The summed E-state index contributed by atoms with van der Waals surface area (Å²) in [6, 6.07) is 0.212. The van der Waals surface area contributed by atoms with Crippen LogP contribution >= 0.6 is 0 Å². The summed E-state index contributed by atoms with van der Waals surface area (Å²) in [7, 11) is 0. The SMILES string of the molecule is N[C@@H]1CC[C@H](C(=O)N2CCO[C@H]([C@@H]3CCCO3)C2)C1. The fraction of sp³-hybridized carbons (Fsp3) is 0.929. The van der Waals surface area contributed by atoms with E-state index in [9.17, 15) is 4.79 Å². The van der Waals surface area contributed by atoms with E-state index < -0.39 is 0 Å². The van der Waals surface area contributed by atoms with Crippen LogP contribution < -0.4 is 5.73 Å². The van der Waals surface area contributed by atoms with Gasteiger partial charge in [0.2, 0.25) is 5.91 Å². The number of hydrogen-bond acceptors (Lipinski definition) is 4. The minimum absolute atomic E-state index is 0.0651. The fourth-order valence-corrected chi connectivity index (χ4v) is 3.50. The van der Waals surface area contributed by atoms with Crippen molar-refractivity contribution < 1.29 is 14.3 Å². The molecule has 3 fully saturated rings. The zero-order chi connectivity index (χ0) is 13.2. The lowest BCUT2D eigenvalue weighted by molar-refractivity contribution is -0.148. The van der Waals surface area contributed by atoms with E-state index in [0.717, 1.165) is 38.7 Å². The number of rotatable bonds is 2. The van der Waals surface area contributed by atoms with Crippen LogP contribution in [0, 0.1) is 5.92 Å². The summed E-state index contributed by atoms with van der Waals surface area (Å²) >= 11 is 0. The first-order valence-electron chi connectivity index (χ1n) is 7.51. The van der Waals surface area contributed by atoms with Gasteiger partial charge in [-0.2, -0.15) is 0 Å². The fourth-order valence-electron chi connectivity index (χ4n) is 3.50. The van der Waals surface area contributed by atoms with Crippen molar-refractivity contribution in [1.82, 2.24) is 4.90 Å². The van der Waals surface area contributed by atoms with Crippen LogP contribution in [0.1, 0.15) is 32.1 Å². The van der Waals surface area contributed by atoms with Gasteiger partial charge >= 0.3 is 0 Å². The molecule has 5 heteroatoms. The Morgan fingerprint density at radius 1 is 1.11 bits per heavy atom. The third-order valence-corrected chi connectivity index (χ3v) is 4.61. The second kappa shape index (κ2) is 5.77. The van der Waals surface area contributed by atoms with Crippen LogP contribution in [-0.4, -0.2) is 55.4 Å². The van der Waals surface area contributed by atoms with Crippen molar-refractivity contribution in [2.45, 2.75) is 50.4 Å². The molecule has 5 nitrogen and oxygen atoms in total. The number of carbonyl (C=O) groups excluding carboxylic acids is 1. The molecule has 1 aliphatic carbocycles. The summed E-state index contributed by atoms with van der Waals surface area (Å²) in [4.78, 5) is 14.5. The maximum absolute atomic E-state index is 12.5. The molecule has 0 spiro atoms. The average molecular weight is 268 g/mol. The topological polar surface area (TPSA) is 64.8 Å². The molecule has 2 saturated heterocycles. The lowest BCUT2D eigenvalue weighted by Crippen LogP contribution is -2.51. The minimum Gasteiger partial charge on any atom is -0.375 e. The van der Waals surface area contributed by atoms with Gasteiger partial charge in [-0.3, -0.25) is 4.79 Å². The highest BCUT2D eigenvalue weighted by Crippen LogP contribution is 2.28. The molecular weight excluding hydrogens is 244 g/mol. The van der Waals surface area contributed by atoms with E-state index in [1.165, 1.54) is 0 Å². The maximum atomic E-state index is 12.5. The van der Waals surface area contributed by atoms with Crippen LogP contribution in [0.25, 0.3) is 0 Å². The van der Waals surface area contributed by atoms with Gasteiger partial charge in [0.05, 0.1) is 12.7 Å². The molecule has 0 aromatic rings. The Hall–Kier alpha value is -0.650. The van der Waals surface area contributed by atoms with Gasteiger partial charge in [-0.1, -0.05) is 0 Å². The molecular formula is C14H24N2O3. The number of morpholine rings is 1. The number of ether oxygens (including phenoxy) is 2. The van der Waals surface area contributed by atoms with Gasteiger partial charge < -0.3 is 20.1 Å². The van der Waals surface area contributed by atoms with Gasteiger partial charge in [-0.05, 0) is 32.1 Å². The van der Waals surface area contributed by atoms with Gasteiger partial charge in [0.15, 0.2) is 0 Å². The molecule has 108 valence electrons. The number of carbonyl (C=O) groups is 1. The third kappa shape index (κ3) is 2.93. The second-order valence-electron chi connectivity index (χ2n) is 6.02. The molecule has 3 aliphatic rings. The van der Waals surface area contributed by atoms with E-state index in [2.05, 4.69) is 0 Å². The molecule has 0 radical (unpaired) electrons. The Morgan fingerprint density at radius 2 is 1.95 bits per heavy atom. The van der Waals surface area contributed by atoms with E-state index in [1.807, 2.05) is 4.90 Å². The number of nitrogens with zero attached hydrogens (tertiary/aromatic N) is 1. The summed E-state index contributed by atoms with van der Waals surface area (Å²) in [6.07, 6.45) is 5.19. The minimum atomic E-state index is 0.0651. The van der Waals surface area contributed by atoms with E-state index in [0.29, 0.717) is 19.7 Å². The zero-order valence-corrected chi connectivity index (χ0v) is 11.4. The molecule has 1 amide bonds. The van der Waals surface area contributed by atoms with Gasteiger partial charge in [0.25, 0.3) is 0 Å².